The van der Waals surface area contributed by atoms with E-state index in [9.17, 15) is 4.79 Å². The summed E-state index contributed by atoms with van der Waals surface area (Å²) in [6.45, 7) is 5.95. The third-order valence-corrected chi connectivity index (χ3v) is 2.53. The van der Waals surface area contributed by atoms with Crippen molar-refractivity contribution in [2.45, 2.75) is 13.5 Å². The van der Waals surface area contributed by atoms with E-state index in [1.807, 2.05) is 22.6 Å². The van der Waals surface area contributed by atoms with Gasteiger partial charge in [-0.25, -0.2) is 4.98 Å². The molecule has 1 heterocycles. The van der Waals surface area contributed by atoms with Gasteiger partial charge in [-0.05, 0) is 29.5 Å². The van der Waals surface area contributed by atoms with Gasteiger partial charge in [-0.3, -0.25) is 9.36 Å². The van der Waals surface area contributed by atoms with Gasteiger partial charge in [0.15, 0.2) is 0 Å². The molecule has 1 aromatic rings. The van der Waals surface area contributed by atoms with E-state index in [-0.39, 0.29) is 5.56 Å². The molecule has 13 heavy (non-hydrogen) atoms. The zero-order valence-corrected chi connectivity index (χ0v) is 10.8. The Balaban J connectivity index is 3.26. The Morgan fingerprint density at radius 1 is 1.85 bits per heavy atom. The van der Waals surface area contributed by atoms with E-state index in [1.165, 1.54) is 0 Å². The maximum absolute atomic E-state index is 11.6. The van der Waals surface area contributed by atoms with Gasteiger partial charge >= 0.3 is 0 Å². The lowest BCUT2D eigenvalue weighted by molar-refractivity contribution is 0.705. The fourth-order valence-electron chi connectivity index (χ4n) is 0.909. The Kier molecular flexibility index (Phi) is 3.66. The molecule has 0 fully saturated rings. The fraction of sp³-hybridized carbons (Fsp3) is 0.250. The van der Waals surface area contributed by atoms with E-state index in [0.29, 0.717) is 15.9 Å². The van der Waals surface area contributed by atoms with Crippen LogP contribution in [0.3, 0.4) is 0 Å². The molecular formula is C8H8BrIN2O. The van der Waals surface area contributed by atoms with E-state index >= 15 is 0 Å². The zero-order chi connectivity index (χ0) is 10.0. The first-order chi connectivity index (χ1) is 6.02. The van der Waals surface area contributed by atoms with Crippen molar-refractivity contribution in [3.8, 4) is 0 Å². The van der Waals surface area contributed by atoms with E-state index in [0.717, 1.165) is 4.48 Å². The van der Waals surface area contributed by atoms with Crippen LogP contribution >= 0.6 is 38.5 Å². The van der Waals surface area contributed by atoms with Crippen molar-refractivity contribution in [2.75, 3.05) is 0 Å². The lowest BCUT2D eigenvalue weighted by Crippen LogP contribution is -2.25. The molecule has 3 nitrogen and oxygen atoms in total. The molecule has 0 bridgehead atoms. The summed E-state index contributed by atoms with van der Waals surface area (Å²) in [5.74, 6) is 0.700. The van der Waals surface area contributed by atoms with Gasteiger partial charge in [0.05, 0.1) is 10.1 Å². The molecule has 0 aromatic carbocycles. The molecule has 0 aliphatic rings. The summed E-state index contributed by atoms with van der Waals surface area (Å²) in [5.41, 5.74) is -0.0197. The first-order valence-corrected chi connectivity index (χ1v) is 5.44. The second-order valence-electron chi connectivity index (χ2n) is 2.56. The molecule has 0 unspecified atom stereocenters. The van der Waals surface area contributed by atoms with Crippen LogP contribution in [0.1, 0.15) is 5.82 Å². The van der Waals surface area contributed by atoms with Crippen molar-refractivity contribution < 1.29 is 0 Å². The van der Waals surface area contributed by atoms with Crippen LogP contribution in [0.25, 0.3) is 0 Å². The zero-order valence-electron chi connectivity index (χ0n) is 7.05. The first kappa shape index (κ1) is 10.9. The average Bonchev–Trinajstić information content (AvgIpc) is 2.05. The SMILES string of the molecule is C=C(Br)Cn1c(C)ncc(I)c1=O. The Morgan fingerprint density at radius 3 is 3.00 bits per heavy atom. The maximum atomic E-state index is 11.6. The molecule has 0 aliphatic heterocycles. The van der Waals surface area contributed by atoms with Gasteiger partial charge in [0.2, 0.25) is 0 Å². The maximum Gasteiger partial charge on any atom is 0.267 e. The highest BCUT2D eigenvalue weighted by Gasteiger charge is 2.04. The minimum absolute atomic E-state index is 0.0197. The van der Waals surface area contributed by atoms with Crippen LogP contribution in [0.2, 0.25) is 0 Å². The first-order valence-electron chi connectivity index (χ1n) is 3.57. The number of nitrogens with zero attached hydrogens (tertiary/aromatic N) is 2. The van der Waals surface area contributed by atoms with Crippen LogP contribution in [0.15, 0.2) is 22.1 Å². The molecule has 0 aliphatic carbocycles. The van der Waals surface area contributed by atoms with Crippen molar-refractivity contribution in [3.63, 3.8) is 0 Å². The summed E-state index contributed by atoms with van der Waals surface area (Å²) in [7, 11) is 0. The molecule has 1 rings (SSSR count). The molecule has 0 saturated heterocycles. The van der Waals surface area contributed by atoms with E-state index in [4.69, 9.17) is 0 Å². The van der Waals surface area contributed by atoms with Crippen molar-refractivity contribution in [1.29, 1.82) is 0 Å². The fourth-order valence-corrected chi connectivity index (χ4v) is 1.59. The lowest BCUT2D eigenvalue weighted by Gasteiger charge is -2.07. The smallest absolute Gasteiger partial charge is 0.267 e. The minimum atomic E-state index is -0.0197. The van der Waals surface area contributed by atoms with Crippen LogP contribution in [-0.4, -0.2) is 9.55 Å². The number of aryl methyl sites for hydroxylation is 1. The number of hydrogen-bond donors (Lipinski definition) is 0. The predicted molar refractivity (Wildman–Crippen MR) is 64.0 cm³/mol. The van der Waals surface area contributed by atoms with Gasteiger partial charge in [0.25, 0.3) is 5.56 Å². The molecule has 0 amide bonds. The molecule has 5 heteroatoms. The summed E-state index contributed by atoms with van der Waals surface area (Å²) in [5, 5.41) is 0. The lowest BCUT2D eigenvalue weighted by atomic mass is 10.5. The van der Waals surface area contributed by atoms with E-state index in [2.05, 4.69) is 27.5 Å². The molecule has 0 atom stereocenters. The van der Waals surface area contributed by atoms with Crippen LogP contribution in [0.5, 0.6) is 0 Å². The highest BCUT2D eigenvalue weighted by atomic mass is 127. The number of hydrogen-bond acceptors (Lipinski definition) is 2. The molecular weight excluding hydrogens is 347 g/mol. The van der Waals surface area contributed by atoms with E-state index in [1.54, 1.807) is 17.7 Å². The van der Waals surface area contributed by atoms with Gasteiger partial charge in [-0.1, -0.05) is 22.5 Å². The third kappa shape index (κ3) is 2.63. The van der Waals surface area contributed by atoms with Gasteiger partial charge in [-0.15, -0.1) is 0 Å². The van der Waals surface area contributed by atoms with Crippen LogP contribution in [0.4, 0.5) is 0 Å². The largest absolute Gasteiger partial charge is 0.291 e. The average molecular weight is 355 g/mol. The third-order valence-electron chi connectivity index (χ3n) is 1.53. The normalized spacial score (nSPS) is 10.1. The van der Waals surface area contributed by atoms with Crippen molar-refractivity contribution >= 4 is 38.5 Å². The Morgan fingerprint density at radius 2 is 2.46 bits per heavy atom. The summed E-state index contributed by atoms with van der Waals surface area (Å²) in [4.78, 5) is 15.7. The molecule has 0 saturated carbocycles. The van der Waals surface area contributed by atoms with Crippen LogP contribution < -0.4 is 5.56 Å². The minimum Gasteiger partial charge on any atom is -0.291 e. The Labute approximate surface area is 98.1 Å². The highest BCUT2D eigenvalue weighted by Crippen LogP contribution is 2.05. The number of halogens is 2. The Bertz CT molecular complexity index is 400. The predicted octanol–water partition coefficient (Wildman–Crippen LogP) is 2.06. The van der Waals surface area contributed by atoms with Gasteiger partial charge < -0.3 is 0 Å². The number of aromatic nitrogens is 2. The monoisotopic (exact) mass is 354 g/mol. The standard InChI is InChI=1S/C8H8BrIN2O/c1-5(9)4-12-6(2)11-3-7(10)8(12)13/h3H,1,4H2,2H3. The summed E-state index contributed by atoms with van der Waals surface area (Å²) in [6.07, 6.45) is 1.58. The quantitative estimate of drug-likeness (QED) is 0.762. The molecule has 0 N–H and O–H groups in total. The second-order valence-corrected chi connectivity index (χ2v) is 4.85. The number of rotatable bonds is 2. The second kappa shape index (κ2) is 4.36. The highest BCUT2D eigenvalue weighted by molar-refractivity contribution is 14.1. The summed E-state index contributed by atoms with van der Waals surface area (Å²) < 4.78 is 2.97. The van der Waals surface area contributed by atoms with E-state index < -0.39 is 0 Å². The Hall–Kier alpha value is -0.170. The number of allylic oxidation sites excluding steroid dienone is 1. The van der Waals surface area contributed by atoms with Crippen molar-refractivity contribution in [1.82, 2.24) is 9.55 Å². The summed E-state index contributed by atoms with van der Waals surface area (Å²) >= 11 is 5.19. The van der Waals surface area contributed by atoms with Gasteiger partial charge in [-0.2, -0.15) is 0 Å². The summed E-state index contributed by atoms with van der Waals surface area (Å²) in [6, 6.07) is 0. The van der Waals surface area contributed by atoms with Gasteiger partial charge in [0, 0.05) is 10.7 Å². The van der Waals surface area contributed by atoms with Gasteiger partial charge in [0.1, 0.15) is 5.82 Å². The topological polar surface area (TPSA) is 34.9 Å². The van der Waals surface area contributed by atoms with Crippen molar-refractivity contribution in [2.24, 2.45) is 0 Å². The van der Waals surface area contributed by atoms with Crippen LogP contribution in [0, 0.1) is 10.5 Å². The van der Waals surface area contributed by atoms with Crippen LogP contribution in [-0.2, 0) is 6.54 Å². The van der Waals surface area contributed by atoms with Crippen molar-refractivity contribution in [3.05, 3.63) is 37.0 Å². The molecule has 0 radical (unpaired) electrons. The molecule has 0 spiro atoms. The molecule has 1 aromatic heterocycles. The molecule has 70 valence electrons.